The lowest BCUT2D eigenvalue weighted by Gasteiger charge is -2.24. The van der Waals surface area contributed by atoms with Gasteiger partial charge in [0.05, 0.1) is 12.2 Å². The molecule has 0 bridgehead atoms. The molecule has 0 spiro atoms. The van der Waals surface area contributed by atoms with Crippen molar-refractivity contribution in [2.24, 2.45) is 0 Å². The van der Waals surface area contributed by atoms with Gasteiger partial charge in [-0.25, -0.2) is 19.7 Å². The van der Waals surface area contributed by atoms with E-state index in [1.807, 2.05) is 33.9 Å². The second-order valence-corrected chi connectivity index (χ2v) is 6.35. The molecule has 0 aliphatic rings. The SMILES string of the molecule is CCc1cn(-c2ncc(CN(C)C(=O)OC(C)(C)C)cn2)cn1. The smallest absolute Gasteiger partial charge is 0.410 e. The van der Waals surface area contributed by atoms with E-state index in [0.29, 0.717) is 12.5 Å². The molecule has 7 heteroatoms. The third-order valence-electron chi connectivity index (χ3n) is 3.05. The molecular weight excluding hydrogens is 294 g/mol. The van der Waals surface area contributed by atoms with Crippen molar-refractivity contribution in [2.45, 2.75) is 46.3 Å². The van der Waals surface area contributed by atoms with Crippen LogP contribution >= 0.6 is 0 Å². The molecule has 0 atom stereocenters. The monoisotopic (exact) mass is 317 g/mol. The summed E-state index contributed by atoms with van der Waals surface area (Å²) in [5, 5.41) is 0. The highest BCUT2D eigenvalue weighted by molar-refractivity contribution is 5.67. The molecule has 2 heterocycles. The minimum atomic E-state index is -0.510. The average Bonchev–Trinajstić information content (AvgIpc) is 2.95. The van der Waals surface area contributed by atoms with E-state index in [1.165, 1.54) is 4.90 Å². The number of aromatic nitrogens is 4. The third-order valence-corrected chi connectivity index (χ3v) is 3.05. The molecule has 7 nitrogen and oxygen atoms in total. The van der Waals surface area contributed by atoms with Crippen LogP contribution in [0.3, 0.4) is 0 Å². The summed E-state index contributed by atoms with van der Waals surface area (Å²) in [6.07, 6.45) is 7.50. The van der Waals surface area contributed by atoms with E-state index in [-0.39, 0.29) is 6.09 Å². The van der Waals surface area contributed by atoms with Crippen LogP contribution in [0.25, 0.3) is 5.95 Å². The molecule has 0 aliphatic carbocycles. The Bertz CT molecular complexity index is 658. The van der Waals surface area contributed by atoms with Crippen LogP contribution in [0.4, 0.5) is 4.79 Å². The van der Waals surface area contributed by atoms with Gasteiger partial charge < -0.3 is 9.64 Å². The minimum absolute atomic E-state index is 0.372. The van der Waals surface area contributed by atoms with Gasteiger partial charge in [-0.15, -0.1) is 0 Å². The molecular formula is C16H23N5O2. The topological polar surface area (TPSA) is 73.1 Å². The van der Waals surface area contributed by atoms with Gasteiger partial charge in [-0.1, -0.05) is 6.92 Å². The molecule has 0 fully saturated rings. The fourth-order valence-corrected chi connectivity index (χ4v) is 1.90. The van der Waals surface area contributed by atoms with Crippen molar-refractivity contribution in [2.75, 3.05) is 7.05 Å². The maximum Gasteiger partial charge on any atom is 0.410 e. The highest BCUT2D eigenvalue weighted by atomic mass is 16.6. The van der Waals surface area contributed by atoms with E-state index in [1.54, 1.807) is 30.3 Å². The number of rotatable bonds is 4. The van der Waals surface area contributed by atoms with Crippen molar-refractivity contribution in [3.63, 3.8) is 0 Å². The molecule has 0 saturated carbocycles. The highest BCUT2D eigenvalue weighted by Gasteiger charge is 2.19. The fourth-order valence-electron chi connectivity index (χ4n) is 1.90. The van der Waals surface area contributed by atoms with Crippen LogP contribution in [0, 0.1) is 0 Å². The highest BCUT2D eigenvalue weighted by Crippen LogP contribution is 2.11. The number of ether oxygens (including phenoxy) is 1. The number of amides is 1. The van der Waals surface area contributed by atoms with Crippen molar-refractivity contribution in [3.8, 4) is 5.95 Å². The molecule has 0 aromatic carbocycles. The molecule has 124 valence electrons. The van der Waals surface area contributed by atoms with E-state index >= 15 is 0 Å². The van der Waals surface area contributed by atoms with Crippen LogP contribution < -0.4 is 0 Å². The maximum absolute atomic E-state index is 11.9. The Hall–Kier alpha value is -2.44. The number of carbonyl (C=O) groups excluding carboxylic acids is 1. The van der Waals surface area contributed by atoms with Gasteiger partial charge in [-0.3, -0.25) is 4.57 Å². The first-order valence-corrected chi connectivity index (χ1v) is 7.57. The number of imidazole rings is 1. The number of carbonyl (C=O) groups is 1. The predicted octanol–water partition coefficient (Wildman–Crippen LogP) is 2.59. The first-order chi connectivity index (χ1) is 10.8. The lowest BCUT2D eigenvalue weighted by atomic mass is 10.2. The molecule has 2 aromatic heterocycles. The summed E-state index contributed by atoms with van der Waals surface area (Å²) < 4.78 is 7.09. The summed E-state index contributed by atoms with van der Waals surface area (Å²) in [6.45, 7) is 7.95. The van der Waals surface area contributed by atoms with Crippen LogP contribution in [-0.2, 0) is 17.7 Å². The molecule has 0 unspecified atom stereocenters. The van der Waals surface area contributed by atoms with E-state index in [9.17, 15) is 4.79 Å². The van der Waals surface area contributed by atoms with Crippen molar-refractivity contribution in [3.05, 3.63) is 36.2 Å². The number of hydrogen-bond acceptors (Lipinski definition) is 5. The van der Waals surface area contributed by atoms with Crippen LogP contribution in [0.15, 0.2) is 24.9 Å². The predicted molar refractivity (Wildman–Crippen MR) is 86.2 cm³/mol. The van der Waals surface area contributed by atoms with Crippen LogP contribution in [0.5, 0.6) is 0 Å². The van der Waals surface area contributed by atoms with Crippen molar-refractivity contribution >= 4 is 6.09 Å². The van der Waals surface area contributed by atoms with Crippen molar-refractivity contribution in [1.82, 2.24) is 24.4 Å². The van der Waals surface area contributed by atoms with Gasteiger partial charge in [0.15, 0.2) is 0 Å². The van der Waals surface area contributed by atoms with Gasteiger partial charge in [-0.2, -0.15) is 0 Å². The van der Waals surface area contributed by atoms with Gasteiger partial charge in [0.25, 0.3) is 0 Å². The summed E-state index contributed by atoms with van der Waals surface area (Å²) in [4.78, 5) is 26.3. The van der Waals surface area contributed by atoms with E-state index < -0.39 is 5.60 Å². The van der Waals surface area contributed by atoms with E-state index in [0.717, 1.165) is 17.7 Å². The molecule has 23 heavy (non-hydrogen) atoms. The zero-order valence-electron chi connectivity index (χ0n) is 14.3. The Labute approximate surface area is 136 Å². The van der Waals surface area contributed by atoms with Gasteiger partial charge in [0.1, 0.15) is 11.9 Å². The number of aryl methyl sites for hydroxylation is 1. The molecule has 0 saturated heterocycles. The standard InChI is InChI=1S/C16H23N5O2/c1-6-13-10-21(11-19-13)14-17-7-12(8-18-14)9-20(5)15(22)23-16(2,3)4/h7-8,10-11H,6,9H2,1-5H3. The molecule has 2 rings (SSSR count). The minimum Gasteiger partial charge on any atom is -0.444 e. The lowest BCUT2D eigenvalue weighted by molar-refractivity contribution is 0.0285. The number of hydrogen-bond donors (Lipinski definition) is 0. The van der Waals surface area contributed by atoms with Crippen molar-refractivity contribution < 1.29 is 9.53 Å². The van der Waals surface area contributed by atoms with Gasteiger partial charge in [-0.05, 0) is 27.2 Å². The third kappa shape index (κ3) is 4.77. The van der Waals surface area contributed by atoms with E-state index in [2.05, 4.69) is 15.0 Å². The Morgan fingerprint density at radius 1 is 1.26 bits per heavy atom. The van der Waals surface area contributed by atoms with Crippen LogP contribution in [-0.4, -0.2) is 43.2 Å². The summed E-state index contributed by atoms with van der Waals surface area (Å²) >= 11 is 0. The lowest BCUT2D eigenvalue weighted by Crippen LogP contribution is -2.33. The molecule has 0 aliphatic heterocycles. The molecule has 1 amide bonds. The Kier molecular flexibility index (Phi) is 4.98. The van der Waals surface area contributed by atoms with Gasteiger partial charge in [0.2, 0.25) is 5.95 Å². The zero-order chi connectivity index (χ0) is 17.0. The second kappa shape index (κ2) is 6.76. The summed E-state index contributed by atoms with van der Waals surface area (Å²) in [5.41, 5.74) is 1.31. The first-order valence-electron chi connectivity index (χ1n) is 7.57. The van der Waals surface area contributed by atoms with Crippen LogP contribution in [0.2, 0.25) is 0 Å². The quantitative estimate of drug-likeness (QED) is 0.866. The van der Waals surface area contributed by atoms with Crippen LogP contribution in [0.1, 0.15) is 39.0 Å². The maximum atomic E-state index is 11.9. The largest absolute Gasteiger partial charge is 0.444 e. The Morgan fingerprint density at radius 3 is 2.43 bits per heavy atom. The summed E-state index contributed by atoms with van der Waals surface area (Å²) in [7, 11) is 1.69. The van der Waals surface area contributed by atoms with Gasteiger partial charge >= 0.3 is 6.09 Å². The summed E-state index contributed by atoms with van der Waals surface area (Å²) in [6, 6.07) is 0. The first kappa shape index (κ1) is 16.9. The summed E-state index contributed by atoms with van der Waals surface area (Å²) in [5.74, 6) is 0.556. The normalized spacial score (nSPS) is 11.3. The molecule has 0 radical (unpaired) electrons. The Morgan fingerprint density at radius 2 is 1.91 bits per heavy atom. The average molecular weight is 317 g/mol. The van der Waals surface area contributed by atoms with E-state index in [4.69, 9.17) is 4.74 Å². The zero-order valence-corrected chi connectivity index (χ0v) is 14.3. The fraction of sp³-hybridized carbons (Fsp3) is 0.500. The van der Waals surface area contributed by atoms with Gasteiger partial charge in [0, 0.05) is 31.2 Å². The molecule has 2 aromatic rings. The second-order valence-electron chi connectivity index (χ2n) is 6.35. The molecule has 0 N–H and O–H groups in total. The van der Waals surface area contributed by atoms with Crippen molar-refractivity contribution in [1.29, 1.82) is 0 Å². The Balaban J connectivity index is 2.01. The number of nitrogens with zero attached hydrogens (tertiary/aromatic N) is 5.